The van der Waals surface area contributed by atoms with E-state index in [1.54, 1.807) is 7.11 Å². The molecule has 0 saturated heterocycles. The number of para-hydroxylation sites is 1. The lowest BCUT2D eigenvalue weighted by Crippen LogP contribution is -2.09. The van der Waals surface area contributed by atoms with Gasteiger partial charge in [-0.3, -0.25) is 0 Å². The number of methoxy groups -OCH3 is 1. The van der Waals surface area contributed by atoms with Gasteiger partial charge in [-0.05, 0) is 42.3 Å². The first kappa shape index (κ1) is 13.4. The molecule has 2 aromatic carbocycles. The van der Waals surface area contributed by atoms with Gasteiger partial charge in [-0.15, -0.1) is 0 Å². The molecular formula is C20H17N3O. The van der Waals surface area contributed by atoms with Gasteiger partial charge in [0.1, 0.15) is 5.75 Å². The maximum Gasteiger partial charge on any atom is 0.118 e. The smallest absolute Gasteiger partial charge is 0.118 e. The Morgan fingerprint density at radius 3 is 2.75 bits per heavy atom. The van der Waals surface area contributed by atoms with Crippen LogP contribution in [0.1, 0.15) is 5.56 Å². The predicted octanol–water partition coefficient (Wildman–Crippen LogP) is 4.26. The largest absolute Gasteiger partial charge is 0.497 e. The van der Waals surface area contributed by atoms with Crippen molar-refractivity contribution in [2.45, 2.75) is 13.0 Å². The van der Waals surface area contributed by atoms with Gasteiger partial charge in [-0.2, -0.15) is 0 Å². The van der Waals surface area contributed by atoms with E-state index in [0.717, 1.165) is 30.0 Å². The summed E-state index contributed by atoms with van der Waals surface area (Å²) in [7, 11) is 1.68. The molecular weight excluding hydrogens is 298 g/mol. The molecule has 118 valence electrons. The second-order valence-corrected chi connectivity index (χ2v) is 6.14. The van der Waals surface area contributed by atoms with Crippen molar-refractivity contribution in [3.8, 4) is 28.4 Å². The van der Waals surface area contributed by atoms with E-state index in [1.807, 2.05) is 18.5 Å². The highest BCUT2D eigenvalue weighted by Gasteiger charge is 2.24. The summed E-state index contributed by atoms with van der Waals surface area (Å²) in [5.74, 6) is 0.859. The Kier molecular flexibility index (Phi) is 2.80. The minimum absolute atomic E-state index is 0.859. The van der Waals surface area contributed by atoms with Crippen LogP contribution in [0.3, 0.4) is 0 Å². The predicted molar refractivity (Wildman–Crippen MR) is 95.2 cm³/mol. The van der Waals surface area contributed by atoms with Crippen LogP contribution in [0, 0.1) is 0 Å². The number of aryl methyl sites for hydroxylation is 2. The summed E-state index contributed by atoms with van der Waals surface area (Å²) >= 11 is 0. The van der Waals surface area contributed by atoms with Crippen molar-refractivity contribution in [2.24, 2.45) is 0 Å². The maximum atomic E-state index is 5.26. The van der Waals surface area contributed by atoms with E-state index in [1.165, 1.54) is 27.9 Å². The summed E-state index contributed by atoms with van der Waals surface area (Å²) in [6.07, 6.45) is 2.98. The molecule has 1 aliphatic rings. The number of nitrogens with zero attached hydrogens (tertiary/aromatic N) is 2. The minimum Gasteiger partial charge on any atom is -0.497 e. The molecule has 1 N–H and O–H groups in total. The third kappa shape index (κ3) is 1.83. The van der Waals surface area contributed by atoms with Crippen molar-refractivity contribution in [1.29, 1.82) is 0 Å². The number of nitrogens with one attached hydrogen (secondary N) is 1. The lowest BCUT2D eigenvalue weighted by atomic mass is 9.99. The number of benzene rings is 2. The van der Waals surface area contributed by atoms with Crippen LogP contribution in [-0.2, 0) is 13.0 Å². The number of hydrogen-bond acceptors (Lipinski definition) is 2. The maximum absolute atomic E-state index is 5.26. The van der Waals surface area contributed by atoms with Crippen molar-refractivity contribution in [3.05, 3.63) is 60.4 Å². The third-order valence-corrected chi connectivity index (χ3v) is 4.85. The molecule has 1 aliphatic heterocycles. The highest BCUT2D eigenvalue weighted by atomic mass is 16.5. The molecule has 4 nitrogen and oxygen atoms in total. The van der Waals surface area contributed by atoms with Crippen LogP contribution in [0.4, 0.5) is 0 Å². The quantitative estimate of drug-likeness (QED) is 0.600. The zero-order valence-corrected chi connectivity index (χ0v) is 13.4. The second-order valence-electron chi connectivity index (χ2n) is 6.14. The fraction of sp³-hybridized carbons (Fsp3) is 0.150. The first-order valence-corrected chi connectivity index (χ1v) is 8.14. The summed E-state index contributed by atoms with van der Waals surface area (Å²) in [5.41, 5.74) is 7.09. The summed E-state index contributed by atoms with van der Waals surface area (Å²) < 4.78 is 7.51. The van der Waals surface area contributed by atoms with Crippen molar-refractivity contribution in [2.75, 3.05) is 7.11 Å². The van der Waals surface area contributed by atoms with Gasteiger partial charge in [0, 0.05) is 23.0 Å². The lowest BCUT2D eigenvalue weighted by molar-refractivity contribution is 0.415. The first-order valence-electron chi connectivity index (χ1n) is 8.14. The number of fused-ring (bicyclic) bond motifs is 5. The molecule has 0 spiro atoms. The van der Waals surface area contributed by atoms with Crippen LogP contribution in [0.5, 0.6) is 5.75 Å². The van der Waals surface area contributed by atoms with Crippen molar-refractivity contribution >= 4 is 10.9 Å². The van der Waals surface area contributed by atoms with Crippen LogP contribution >= 0.6 is 0 Å². The molecule has 0 atom stereocenters. The molecule has 0 aliphatic carbocycles. The van der Waals surface area contributed by atoms with E-state index < -0.39 is 0 Å². The summed E-state index contributed by atoms with van der Waals surface area (Å²) in [6.45, 7) is 0.966. The standard InChI is InChI=1S/C20H17N3O/c1-24-14-8-6-13(7-9-14)18-20-19-16(10-11-23(20)12-21-18)15-4-2-3-5-17(15)22-19/h2-9,12,22H,10-11H2,1H3. The molecule has 5 rings (SSSR count). The Morgan fingerprint density at radius 2 is 1.92 bits per heavy atom. The molecule has 2 aromatic heterocycles. The monoisotopic (exact) mass is 315 g/mol. The van der Waals surface area contributed by atoms with Crippen LogP contribution < -0.4 is 4.74 Å². The Labute approximate surface area is 139 Å². The van der Waals surface area contributed by atoms with Crippen LogP contribution in [0.15, 0.2) is 54.9 Å². The zero-order chi connectivity index (χ0) is 16.1. The number of ether oxygens (including phenoxy) is 1. The fourth-order valence-corrected chi connectivity index (χ4v) is 3.67. The Morgan fingerprint density at radius 1 is 1.08 bits per heavy atom. The molecule has 0 fully saturated rings. The molecule has 0 bridgehead atoms. The molecule has 0 saturated carbocycles. The Hall–Kier alpha value is -3.01. The molecule has 0 radical (unpaired) electrons. The normalized spacial score (nSPS) is 12.9. The van der Waals surface area contributed by atoms with Gasteiger partial charge in [0.05, 0.1) is 30.5 Å². The summed E-state index contributed by atoms with van der Waals surface area (Å²) in [5, 5.41) is 1.32. The highest BCUT2D eigenvalue weighted by molar-refractivity contribution is 5.93. The van der Waals surface area contributed by atoms with Gasteiger partial charge in [0.2, 0.25) is 0 Å². The minimum atomic E-state index is 0.859. The summed E-state index contributed by atoms with van der Waals surface area (Å²) in [4.78, 5) is 8.30. The van der Waals surface area contributed by atoms with Gasteiger partial charge >= 0.3 is 0 Å². The molecule has 4 aromatic rings. The van der Waals surface area contributed by atoms with Crippen LogP contribution in [-0.4, -0.2) is 21.6 Å². The fourth-order valence-electron chi connectivity index (χ4n) is 3.67. The van der Waals surface area contributed by atoms with Gasteiger partial charge in [0.15, 0.2) is 0 Å². The van der Waals surface area contributed by atoms with E-state index in [0.29, 0.717) is 0 Å². The van der Waals surface area contributed by atoms with Crippen molar-refractivity contribution in [1.82, 2.24) is 14.5 Å². The second kappa shape index (κ2) is 4.99. The van der Waals surface area contributed by atoms with Crippen LogP contribution in [0.2, 0.25) is 0 Å². The molecule has 0 unspecified atom stereocenters. The number of rotatable bonds is 2. The number of aromatic amines is 1. The third-order valence-electron chi connectivity index (χ3n) is 4.85. The Bertz CT molecular complexity index is 1040. The van der Waals surface area contributed by atoms with E-state index in [4.69, 9.17) is 9.72 Å². The molecule has 3 heterocycles. The number of imidazole rings is 1. The average Bonchev–Trinajstić information content (AvgIpc) is 3.23. The SMILES string of the molecule is COc1ccc(-c2ncn3c2-c2[nH]c4ccccc4c2CC3)cc1. The summed E-state index contributed by atoms with van der Waals surface area (Å²) in [6, 6.07) is 16.6. The highest BCUT2D eigenvalue weighted by Crippen LogP contribution is 2.39. The molecule has 4 heteroatoms. The van der Waals surface area contributed by atoms with Crippen LogP contribution in [0.25, 0.3) is 33.5 Å². The van der Waals surface area contributed by atoms with Gasteiger partial charge in [-0.25, -0.2) is 4.98 Å². The molecule has 24 heavy (non-hydrogen) atoms. The van der Waals surface area contributed by atoms with Crippen molar-refractivity contribution in [3.63, 3.8) is 0 Å². The number of H-pyrrole nitrogens is 1. The topological polar surface area (TPSA) is 42.8 Å². The van der Waals surface area contributed by atoms with E-state index in [2.05, 4.69) is 45.9 Å². The van der Waals surface area contributed by atoms with Gasteiger partial charge < -0.3 is 14.3 Å². The van der Waals surface area contributed by atoms with Gasteiger partial charge in [-0.1, -0.05) is 18.2 Å². The lowest BCUT2D eigenvalue weighted by Gasteiger charge is -2.16. The molecule has 0 amide bonds. The average molecular weight is 315 g/mol. The first-order chi connectivity index (χ1) is 11.8. The van der Waals surface area contributed by atoms with E-state index in [-0.39, 0.29) is 0 Å². The van der Waals surface area contributed by atoms with Gasteiger partial charge in [0.25, 0.3) is 0 Å². The van der Waals surface area contributed by atoms with E-state index in [9.17, 15) is 0 Å². The zero-order valence-electron chi connectivity index (χ0n) is 13.4. The van der Waals surface area contributed by atoms with E-state index >= 15 is 0 Å². The number of hydrogen-bond donors (Lipinski definition) is 1. The Balaban J connectivity index is 1.73. The number of aromatic nitrogens is 3. The van der Waals surface area contributed by atoms with Crippen molar-refractivity contribution < 1.29 is 4.74 Å².